The van der Waals surface area contributed by atoms with Crippen molar-refractivity contribution < 1.29 is 52.7 Å². The Bertz CT molecular complexity index is 683. The molecule has 19 heavy (non-hydrogen) atoms. The molecule has 2 aromatic carbocycles. The Labute approximate surface area is 132 Å². The predicted molar refractivity (Wildman–Crippen MR) is 63.2 cm³/mol. The SMILES string of the molecule is O=S(=O)([O-])c1c(-c2ccccc2)ccc(O)c1O.[Na+]. The summed E-state index contributed by atoms with van der Waals surface area (Å²) in [6, 6.07) is 10.7. The fraction of sp³-hybridized carbons (Fsp3) is 0. The second kappa shape index (κ2) is 5.94. The molecule has 0 aliphatic carbocycles. The molecular formula is C12H9NaO5S. The fourth-order valence-electron chi connectivity index (χ4n) is 1.66. The van der Waals surface area contributed by atoms with Gasteiger partial charge >= 0.3 is 29.6 Å². The van der Waals surface area contributed by atoms with Gasteiger partial charge in [0.05, 0.1) is 0 Å². The van der Waals surface area contributed by atoms with Gasteiger partial charge in [0.25, 0.3) is 0 Å². The van der Waals surface area contributed by atoms with Crippen LogP contribution in [0.25, 0.3) is 11.1 Å². The normalized spacial score (nSPS) is 10.8. The Morgan fingerprint density at radius 1 is 0.947 bits per heavy atom. The maximum Gasteiger partial charge on any atom is 1.00 e. The minimum absolute atomic E-state index is 0. The molecule has 5 nitrogen and oxygen atoms in total. The first-order valence-corrected chi connectivity index (χ1v) is 6.38. The third kappa shape index (κ3) is 3.29. The topological polar surface area (TPSA) is 97.7 Å². The maximum atomic E-state index is 11.2. The monoisotopic (exact) mass is 288 g/mol. The molecule has 0 aliphatic heterocycles. The summed E-state index contributed by atoms with van der Waals surface area (Å²) in [6.45, 7) is 0. The summed E-state index contributed by atoms with van der Waals surface area (Å²) in [5, 5.41) is 18.8. The first-order chi connectivity index (χ1) is 8.41. The van der Waals surface area contributed by atoms with E-state index in [2.05, 4.69) is 0 Å². The third-order valence-corrected chi connectivity index (χ3v) is 3.36. The molecule has 0 bridgehead atoms. The number of hydrogen-bond donors (Lipinski definition) is 2. The van der Waals surface area contributed by atoms with E-state index in [9.17, 15) is 23.2 Å². The van der Waals surface area contributed by atoms with Crippen LogP contribution in [0, 0.1) is 0 Å². The third-order valence-electron chi connectivity index (χ3n) is 2.44. The Morgan fingerprint density at radius 3 is 2.05 bits per heavy atom. The molecule has 2 aromatic rings. The Kier molecular flexibility index (Phi) is 5.00. The summed E-state index contributed by atoms with van der Waals surface area (Å²) in [5.41, 5.74) is 0.517. The van der Waals surface area contributed by atoms with Crippen molar-refractivity contribution in [3.8, 4) is 22.6 Å². The van der Waals surface area contributed by atoms with E-state index in [0.717, 1.165) is 6.07 Å². The van der Waals surface area contributed by atoms with E-state index in [-0.39, 0.29) is 35.1 Å². The molecule has 0 aromatic heterocycles. The summed E-state index contributed by atoms with van der Waals surface area (Å²) in [4.78, 5) is -0.811. The zero-order valence-corrected chi connectivity index (χ0v) is 12.9. The molecule has 7 heteroatoms. The van der Waals surface area contributed by atoms with Crippen molar-refractivity contribution >= 4 is 10.1 Å². The van der Waals surface area contributed by atoms with Crippen molar-refractivity contribution in [1.29, 1.82) is 0 Å². The van der Waals surface area contributed by atoms with Crippen LogP contribution in [0.3, 0.4) is 0 Å². The Morgan fingerprint density at radius 2 is 1.53 bits per heavy atom. The summed E-state index contributed by atoms with van der Waals surface area (Å²) in [5.74, 6) is -1.57. The first-order valence-electron chi connectivity index (χ1n) is 4.97. The second-order valence-corrected chi connectivity index (χ2v) is 4.95. The van der Waals surface area contributed by atoms with E-state index in [4.69, 9.17) is 0 Å². The predicted octanol–water partition coefficient (Wildman–Crippen LogP) is -1.33. The minimum atomic E-state index is -4.89. The van der Waals surface area contributed by atoms with Crippen molar-refractivity contribution in [3.63, 3.8) is 0 Å². The molecule has 2 N–H and O–H groups in total. The van der Waals surface area contributed by atoms with Crippen LogP contribution in [0.2, 0.25) is 0 Å². The number of phenolic OH excluding ortho intramolecular Hbond substituents is 2. The van der Waals surface area contributed by atoms with E-state index in [0.29, 0.717) is 5.56 Å². The van der Waals surface area contributed by atoms with Crippen molar-refractivity contribution in [2.45, 2.75) is 4.90 Å². The van der Waals surface area contributed by atoms with Gasteiger partial charge in [0.1, 0.15) is 15.0 Å². The fourth-order valence-corrected chi connectivity index (χ4v) is 2.46. The molecule has 2 rings (SSSR count). The molecule has 0 amide bonds. The summed E-state index contributed by atoms with van der Waals surface area (Å²) >= 11 is 0. The second-order valence-electron chi connectivity index (χ2n) is 3.63. The number of rotatable bonds is 2. The van der Waals surface area contributed by atoms with Crippen LogP contribution in [0.15, 0.2) is 47.4 Å². The summed E-state index contributed by atoms with van der Waals surface area (Å²) in [6.07, 6.45) is 0. The van der Waals surface area contributed by atoms with Crippen LogP contribution in [-0.4, -0.2) is 23.2 Å². The van der Waals surface area contributed by atoms with E-state index in [1.165, 1.54) is 6.07 Å². The van der Waals surface area contributed by atoms with E-state index < -0.39 is 26.5 Å². The zero-order chi connectivity index (χ0) is 13.3. The van der Waals surface area contributed by atoms with Crippen molar-refractivity contribution in [2.24, 2.45) is 0 Å². The molecule has 0 saturated carbocycles. The molecule has 0 aliphatic rings. The molecule has 0 saturated heterocycles. The number of phenols is 2. The largest absolute Gasteiger partial charge is 1.00 e. The van der Waals surface area contributed by atoms with Gasteiger partial charge < -0.3 is 14.8 Å². The van der Waals surface area contributed by atoms with Gasteiger partial charge in [-0.2, -0.15) is 0 Å². The van der Waals surface area contributed by atoms with Crippen LogP contribution in [0.5, 0.6) is 11.5 Å². The molecule has 0 spiro atoms. The Balaban J connectivity index is 0.00000180. The molecule has 94 valence electrons. The van der Waals surface area contributed by atoms with E-state index in [1.807, 2.05) is 0 Å². The molecular weight excluding hydrogens is 279 g/mol. The van der Waals surface area contributed by atoms with Crippen LogP contribution < -0.4 is 29.6 Å². The number of aromatic hydroxyl groups is 2. The van der Waals surface area contributed by atoms with Gasteiger partial charge in [-0.25, -0.2) is 8.42 Å². The Hall–Kier alpha value is -1.05. The quantitative estimate of drug-likeness (QED) is 0.405. The number of hydrogen-bond acceptors (Lipinski definition) is 5. The van der Waals surface area contributed by atoms with Crippen molar-refractivity contribution in [1.82, 2.24) is 0 Å². The smallest absolute Gasteiger partial charge is 0.744 e. The molecule has 0 atom stereocenters. The average molecular weight is 288 g/mol. The van der Waals surface area contributed by atoms with Gasteiger partial charge in [-0.3, -0.25) is 0 Å². The van der Waals surface area contributed by atoms with Gasteiger partial charge in [0.2, 0.25) is 0 Å². The minimum Gasteiger partial charge on any atom is -0.744 e. The van der Waals surface area contributed by atoms with E-state index >= 15 is 0 Å². The van der Waals surface area contributed by atoms with Gasteiger partial charge in [0.15, 0.2) is 11.5 Å². The van der Waals surface area contributed by atoms with Gasteiger partial charge in [-0.15, -0.1) is 0 Å². The van der Waals surface area contributed by atoms with Crippen molar-refractivity contribution in [3.05, 3.63) is 42.5 Å². The standard InChI is InChI=1S/C12H10O5S.Na/c13-10-7-6-9(8-4-2-1-3-5-8)12(11(10)14)18(15,16)17;/h1-7,13-14H,(H,15,16,17);/q;+1/p-1. The van der Waals surface area contributed by atoms with Gasteiger partial charge in [-0.05, 0) is 17.7 Å². The van der Waals surface area contributed by atoms with Crippen LogP contribution in [-0.2, 0) is 10.1 Å². The maximum absolute atomic E-state index is 11.2. The van der Waals surface area contributed by atoms with E-state index in [1.54, 1.807) is 30.3 Å². The van der Waals surface area contributed by atoms with Gasteiger partial charge in [0, 0.05) is 5.56 Å². The summed E-state index contributed by atoms with van der Waals surface area (Å²) in [7, 11) is -4.89. The molecule has 0 unspecified atom stereocenters. The van der Waals surface area contributed by atoms with Crippen molar-refractivity contribution in [2.75, 3.05) is 0 Å². The first kappa shape index (κ1) is 16.0. The molecule has 0 heterocycles. The zero-order valence-electron chi connectivity index (χ0n) is 10.1. The molecule has 0 radical (unpaired) electrons. The summed E-state index contributed by atoms with van der Waals surface area (Å²) < 4.78 is 33.5. The van der Waals surface area contributed by atoms with Crippen LogP contribution >= 0.6 is 0 Å². The molecule has 0 fully saturated rings. The number of benzene rings is 2. The van der Waals surface area contributed by atoms with Crippen LogP contribution in [0.1, 0.15) is 0 Å². The van der Waals surface area contributed by atoms with Crippen LogP contribution in [0.4, 0.5) is 0 Å². The van der Waals surface area contributed by atoms with Gasteiger partial charge in [-0.1, -0.05) is 30.3 Å². The average Bonchev–Trinajstić information content (AvgIpc) is 2.32.